The summed E-state index contributed by atoms with van der Waals surface area (Å²) in [5.41, 5.74) is 1.49. The molecular weight excluding hydrogens is 410 g/mol. The summed E-state index contributed by atoms with van der Waals surface area (Å²) in [5.74, 6) is 1.23. The van der Waals surface area contributed by atoms with E-state index in [2.05, 4.69) is 4.90 Å². The van der Waals surface area contributed by atoms with Crippen molar-refractivity contribution in [2.75, 3.05) is 45.3 Å². The van der Waals surface area contributed by atoms with Gasteiger partial charge in [-0.2, -0.15) is 0 Å². The summed E-state index contributed by atoms with van der Waals surface area (Å²) in [6, 6.07) is 13.3. The van der Waals surface area contributed by atoms with Gasteiger partial charge in [0.25, 0.3) is 5.91 Å². The second kappa shape index (κ2) is 9.43. The molecule has 4 rings (SSSR count). The number of thiazole rings is 1. The fourth-order valence-electron chi connectivity index (χ4n) is 3.14. The molecule has 0 aliphatic carbocycles. The van der Waals surface area contributed by atoms with Gasteiger partial charge in [0.15, 0.2) is 16.6 Å². The van der Waals surface area contributed by atoms with E-state index in [0.717, 1.165) is 28.3 Å². The highest BCUT2D eigenvalue weighted by Gasteiger charge is 2.23. The third-order valence-corrected chi connectivity index (χ3v) is 5.59. The van der Waals surface area contributed by atoms with Crippen LogP contribution in [0, 0.1) is 0 Å². The maximum atomic E-state index is 13.4. The van der Waals surface area contributed by atoms with Gasteiger partial charge in [-0.05, 0) is 57.4 Å². The number of carbonyl (C=O) groups is 1. The topological polar surface area (TPSA) is 54.9 Å². The first-order chi connectivity index (χ1) is 13.6. The van der Waals surface area contributed by atoms with Gasteiger partial charge >= 0.3 is 0 Å². The third-order valence-electron chi connectivity index (χ3n) is 4.53. The summed E-state index contributed by atoms with van der Waals surface area (Å²) in [4.78, 5) is 22.0. The van der Waals surface area contributed by atoms with Crippen molar-refractivity contribution >= 4 is 45.0 Å². The van der Waals surface area contributed by atoms with E-state index >= 15 is 0 Å². The van der Waals surface area contributed by atoms with E-state index in [1.807, 2.05) is 38.4 Å². The molecule has 0 spiro atoms. The Kier molecular flexibility index (Phi) is 6.95. The zero-order chi connectivity index (χ0) is 19.5. The van der Waals surface area contributed by atoms with E-state index in [1.165, 1.54) is 0 Å². The maximum absolute atomic E-state index is 13.4. The average molecular weight is 434 g/mol. The van der Waals surface area contributed by atoms with Crippen molar-refractivity contribution in [3.05, 3.63) is 48.0 Å². The van der Waals surface area contributed by atoms with Crippen LogP contribution in [0.5, 0.6) is 11.5 Å². The van der Waals surface area contributed by atoms with Crippen LogP contribution in [-0.2, 0) is 0 Å². The molecule has 154 valence electrons. The SMILES string of the molecule is CN(C)CCCN(C(=O)c1ccc2c(c1)OCCO2)c1nc2ccccc2s1.Cl. The van der Waals surface area contributed by atoms with Gasteiger partial charge in [0, 0.05) is 12.1 Å². The van der Waals surface area contributed by atoms with E-state index in [4.69, 9.17) is 14.5 Å². The number of nitrogens with zero attached hydrogens (tertiary/aromatic N) is 3. The number of rotatable bonds is 6. The second-order valence-corrected chi connectivity index (χ2v) is 7.95. The van der Waals surface area contributed by atoms with Gasteiger partial charge < -0.3 is 14.4 Å². The number of carbonyl (C=O) groups excluding carboxylic acids is 1. The van der Waals surface area contributed by atoms with Gasteiger partial charge in [-0.3, -0.25) is 9.69 Å². The first-order valence-corrected chi connectivity index (χ1v) is 10.2. The first-order valence-electron chi connectivity index (χ1n) is 9.33. The number of ether oxygens (including phenoxy) is 2. The van der Waals surface area contributed by atoms with Gasteiger partial charge in [-0.1, -0.05) is 23.5 Å². The molecule has 0 fully saturated rings. The number of hydrogen-bond acceptors (Lipinski definition) is 6. The van der Waals surface area contributed by atoms with Crippen molar-refractivity contribution in [2.45, 2.75) is 6.42 Å². The highest BCUT2D eigenvalue weighted by Crippen LogP contribution is 2.33. The van der Waals surface area contributed by atoms with Crippen molar-refractivity contribution < 1.29 is 14.3 Å². The number of fused-ring (bicyclic) bond motifs is 2. The fraction of sp³-hybridized carbons (Fsp3) is 0.333. The van der Waals surface area contributed by atoms with E-state index in [-0.39, 0.29) is 18.3 Å². The Balaban J connectivity index is 0.00000240. The number of amides is 1. The summed E-state index contributed by atoms with van der Waals surface area (Å²) in [7, 11) is 4.06. The maximum Gasteiger partial charge on any atom is 0.260 e. The molecule has 0 radical (unpaired) electrons. The van der Waals surface area contributed by atoms with Crippen LogP contribution in [-0.4, -0.2) is 56.2 Å². The van der Waals surface area contributed by atoms with Gasteiger partial charge in [0.2, 0.25) is 0 Å². The van der Waals surface area contributed by atoms with E-state index in [9.17, 15) is 4.79 Å². The lowest BCUT2D eigenvalue weighted by molar-refractivity contribution is 0.0984. The predicted molar refractivity (Wildman–Crippen MR) is 119 cm³/mol. The van der Waals surface area contributed by atoms with Crippen LogP contribution in [0.1, 0.15) is 16.8 Å². The lowest BCUT2D eigenvalue weighted by atomic mass is 10.1. The van der Waals surface area contributed by atoms with Crippen molar-refractivity contribution in [3.8, 4) is 11.5 Å². The summed E-state index contributed by atoms with van der Waals surface area (Å²) in [6.45, 7) is 2.53. The van der Waals surface area contributed by atoms with Gasteiger partial charge in [0.1, 0.15) is 13.2 Å². The minimum atomic E-state index is -0.0743. The zero-order valence-electron chi connectivity index (χ0n) is 16.5. The van der Waals surface area contributed by atoms with Crippen LogP contribution in [0.4, 0.5) is 5.13 Å². The molecular formula is C21H24ClN3O3S. The highest BCUT2D eigenvalue weighted by molar-refractivity contribution is 7.22. The molecule has 1 aliphatic heterocycles. The molecule has 8 heteroatoms. The van der Waals surface area contributed by atoms with Gasteiger partial charge in [-0.15, -0.1) is 12.4 Å². The quantitative estimate of drug-likeness (QED) is 0.586. The smallest absolute Gasteiger partial charge is 0.260 e. The molecule has 0 N–H and O–H groups in total. The first kappa shape index (κ1) is 21.4. The Hall–Kier alpha value is -2.35. The van der Waals surface area contributed by atoms with E-state index < -0.39 is 0 Å². The standard InChI is InChI=1S/C21H23N3O3S.ClH/c1-23(2)10-5-11-24(21-22-16-6-3-4-7-19(16)28-21)20(25)15-8-9-17-18(14-15)27-13-12-26-17;/h3-4,6-9,14H,5,10-13H2,1-2H3;1H. The lowest BCUT2D eigenvalue weighted by Gasteiger charge is -2.23. The highest BCUT2D eigenvalue weighted by atomic mass is 35.5. The molecule has 0 atom stereocenters. The molecule has 2 aromatic carbocycles. The summed E-state index contributed by atoms with van der Waals surface area (Å²) in [6.07, 6.45) is 0.860. The predicted octanol–water partition coefficient (Wildman–Crippen LogP) is 4.09. The number of aromatic nitrogens is 1. The number of benzene rings is 2. The molecule has 1 aromatic heterocycles. The van der Waals surface area contributed by atoms with Crippen LogP contribution in [0.15, 0.2) is 42.5 Å². The Morgan fingerprint density at radius 1 is 1.07 bits per heavy atom. The monoisotopic (exact) mass is 433 g/mol. The van der Waals surface area contributed by atoms with Crippen molar-refractivity contribution in [2.24, 2.45) is 0 Å². The molecule has 0 bridgehead atoms. The van der Waals surface area contributed by atoms with Crippen LogP contribution >= 0.6 is 23.7 Å². The normalized spacial score (nSPS) is 12.7. The molecule has 6 nitrogen and oxygen atoms in total. The summed E-state index contributed by atoms with van der Waals surface area (Å²) in [5, 5.41) is 0.722. The van der Waals surface area contributed by atoms with Crippen molar-refractivity contribution in [1.29, 1.82) is 0 Å². The number of halogens is 1. The minimum absolute atomic E-state index is 0. The fourth-order valence-corrected chi connectivity index (χ4v) is 4.13. The van der Waals surface area contributed by atoms with Crippen molar-refractivity contribution in [3.63, 3.8) is 0 Å². The molecule has 0 saturated heterocycles. The molecule has 1 amide bonds. The lowest BCUT2D eigenvalue weighted by Crippen LogP contribution is -2.33. The van der Waals surface area contributed by atoms with E-state index in [1.54, 1.807) is 34.4 Å². The average Bonchev–Trinajstić information content (AvgIpc) is 3.14. The Morgan fingerprint density at radius 2 is 1.83 bits per heavy atom. The van der Waals surface area contributed by atoms with Crippen LogP contribution in [0.3, 0.4) is 0 Å². The van der Waals surface area contributed by atoms with Gasteiger partial charge in [-0.25, -0.2) is 4.98 Å². The van der Waals surface area contributed by atoms with Crippen LogP contribution < -0.4 is 14.4 Å². The van der Waals surface area contributed by atoms with Gasteiger partial charge in [0.05, 0.1) is 10.2 Å². The largest absolute Gasteiger partial charge is 0.486 e. The number of anilines is 1. The zero-order valence-corrected chi connectivity index (χ0v) is 18.1. The Bertz CT molecular complexity index is 959. The Labute approximate surface area is 180 Å². The molecule has 0 saturated carbocycles. The minimum Gasteiger partial charge on any atom is -0.486 e. The Morgan fingerprint density at radius 3 is 2.59 bits per heavy atom. The summed E-state index contributed by atoms with van der Waals surface area (Å²) < 4.78 is 12.3. The summed E-state index contributed by atoms with van der Waals surface area (Å²) >= 11 is 1.54. The molecule has 0 unspecified atom stereocenters. The molecule has 2 heterocycles. The van der Waals surface area contributed by atoms with Crippen LogP contribution in [0.25, 0.3) is 10.2 Å². The molecule has 3 aromatic rings. The molecule has 29 heavy (non-hydrogen) atoms. The second-order valence-electron chi connectivity index (χ2n) is 6.94. The van der Waals surface area contributed by atoms with E-state index in [0.29, 0.717) is 36.8 Å². The van der Waals surface area contributed by atoms with Crippen LogP contribution in [0.2, 0.25) is 0 Å². The third kappa shape index (κ3) is 4.80. The number of para-hydroxylation sites is 1. The number of hydrogen-bond donors (Lipinski definition) is 0. The van der Waals surface area contributed by atoms with Crippen molar-refractivity contribution in [1.82, 2.24) is 9.88 Å². The molecule has 1 aliphatic rings.